The van der Waals surface area contributed by atoms with E-state index in [0.29, 0.717) is 5.56 Å². The maximum atomic E-state index is 9.02. The molecule has 2 heterocycles. The lowest BCUT2D eigenvalue weighted by atomic mass is 10.1. The lowest BCUT2D eigenvalue weighted by Gasteiger charge is -2.06. The molecule has 0 saturated heterocycles. The fraction of sp³-hybridized carbons (Fsp3) is 0.250. The van der Waals surface area contributed by atoms with E-state index < -0.39 is 0 Å². The van der Waals surface area contributed by atoms with Crippen molar-refractivity contribution >= 4 is 11.3 Å². The first-order valence-electron chi connectivity index (χ1n) is 5.03. The van der Waals surface area contributed by atoms with Crippen molar-refractivity contribution in [1.29, 1.82) is 5.26 Å². The summed E-state index contributed by atoms with van der Waals surface area (Å²) in [6, 6.07) is 6.06. The van der Waals surface area contributed by atoms with Crippen LogP contribution >= 0.6 is 11.3 Å². The largest absolute Gasteiger partial charge is 0.240 e. The molecule has 0 aliphatic carbocycles. The molecule has 4 heteroatoms. The molecule has 0 aromatic carbocycles. The van der Waals surface area contributed by atoms with Gasteiger partial charge in [-0.05, 0) is 11.4 Å². The molecular formula is C12H11N3S. The fourth-order valence-corrected chi connectivity index (χ4v) is 2.08. The van der Waals surface area contributed by atoms with Gasteiger partial charge in [0.05, 0.1) is 10.4 Å². The van der Waals surface area contributed by atoms with Crippen LogP contribution in [0.15, 0.2) is 23.7 Å². The average Bonchev–Trinajstić information content (AvgIpc) is 2.81. The third-order valence-electron chi connectivity index (χ3n) is 2.20. The normalized spacial score (nSPS) is 10.4. The van der Waals surface area contributed by atoms with Crippen LogP contribution in [0, 0.1) is 11.3 Å². The summed E-state index contributed by atoms with van der Waals surface area (Å²) in [7, 11) is 0. The Balaban J connectivity index is 2.58. The molecule has 80 valence electrons. The first-order valence-corrected chi connectivity index (χ1v) is 5.91. The Bertz CT molecular complexity index is 524. The second-order valence-corrected chi connectivity index (χ2v) is 4.68. The van der Waals surface area contributed by atoms with Crippen LogP contribution in [0.5, 0.6) is 0 Å². The van der Waals surface area contributed by atoms with Gasteiger partial charge in [0.15, 0.2) is 0 Å². The summed E-state index contributed by atoms with van der Waals surface area (Å²) in [6.45, 7) is 4.08. The number of rotatable bonds is 2. The van der Waals surface area contributed by atoms with Crippen LogP contribution < -0.4 is 0 Å². The van der Waals surface area contributed by atoms with Crippen molar-refractivity contribution in [3.63, 3.8) is 0 Å². The third-order valence-corrected chi connectivity index (χ3v) is 3.08. The Morgan fingerprint density at radius 3 is 2.81 bits per heavy atom. The standard InChI is InChI=1S/C12H11N3S/c1-8(2)12-14-7-9(6-13)11(15-12)10-4-3-5-16-10/h3-5,7-8H,1-2H3. The summed E-state index contributed by atoms with van der Waals surface area (Å²) in [4.78, 5) is 9.67. The van der Waals surface area contributed by atoms with Gasteiger partial charge in [-0.3, -0.25) is 0 Å². The summed E-state index contributed by atoms with van der Waals surface area (Å²) in [6.07, 6.45) is 1.61. The zero-order valence-corrected chi connectivity index (χ0v) is 9.95. The van der Waals surface area contributed by atoms with Gasteiger partial charge in [0.25, 0.3) is 0 Å². The van der Waals surface area contributed by atoms with Gasteiger partial charge >= 0.3 is 0 Å². The number of nitrogens with zero attached hydrogens (tertiary/aromatic N) is 3. The minimum Gasteiger partial charge on any atom is -0.240 e. The highest BCUT2D eigenvalue weighted by molar-refractivity contribution is 7.13. The first-order chi connectivity index (χ1) is 7.72. The maximum absolute atomic E-state index is 9.02. The van der Waals surface area contributed by atoms with E-state index in [1.54, 1.807) is 17.5 Å². The quantitative estimate of drug-likeness (QED) is 0.794. The summed E-state index contributed by atoms with van der Waals surface area (Å²) in [5, 5.41) is 11.0. The predicted octanol–water partition coefficient (Wildman–Crippen LogP) is 3.20. The highest BCUT2D eigenvalue weighted by Crippen LogP contribution is 2.26. The van der Waals surface area contributed by atoms with Gasteiger partial charge in [-0.2, -0.15) is 5.26 Å². The van der Waals surface area contributed by atoms with Gasteiger partial charge in [-0.15, -0.1) is 11.3 Å². The Labute approximate surface area is 98.4 Å². The second kappa shape index (κ2) is 4.42. The topological polar surface area (TPSA) is 49.6 Å². The Kier molecular flexibility index (Phi) is 2.97. The summed E-state index contributed by atoms with van der Waals surface area (Å²) >= 11 is 1.58. The number of thiophene rings is 1. The van der Waals surface area contributed by atoms with Crippen molar-refractivity contribution in [2.24, 2.45) is 0 Å². The molecule has 0 aliphatic heterocycles. The van der Waals surface area contributed by atoms with Gasteiger partial charge in [0, 0.05) is 12.1 Å². The molecule has 0 unspecified atom stereocenters. The molecule has 0 radical (unpaired) electrons. The molecule has 2 aromatic heterocycles. The van der Waals surface area contributed by atoms with E-state index in [9.17, 15) is 0 Å². The molecule has 0 amide bonds. The van der Waals surface area contributed by atoms with Crippen molar-refractivity contribution in [2.45, 2.75) is 19.8 Å². The van der Waals surface area contributed by atoms with E-state index in [2.05, 4.69) is 16.0 Å². The summed E-state index contributed by atoms with van der Waals surface area (Å²) in [5.74, 6) is 1.05. The monoisotopic (exact) mass is 229 g/mol. The van der Waals surface area contributed by atoms with E-state index in [1.165, 1.54) is 0 Å². The first kappa shape index (κ1) is 10.8. The lowest BCUT2D eigenvalue weighted by Crippen LogP contribution is -2.00. The predicted molar refractivity (Wildman–Crippen MR) is 64.1 cm³/mol. The molecular weight excluding hydrogens is 218 g/mol. The van der Waals surface area contributed by atoms with Crippen molar-refractivity contribution in [3.8, 4) is 16.6 Å². The Hall–Kier alpha value is -1.73. The van der Waals surface area contributed by atoms with Gasteiger partial charge in [-0.25, -0.2) is 9.97 Å². The van der Waals surface area contributed by atoms with E-state index in [-0.39, 0.29) is 5.92 Å². The van der Waals surface area contributed by atoms with Gasteiger partial charge in [0.2, 0.25) is 0 Å². The molecule has 0 fully saturated rings. The SMILES string of the molecule is CC(C)c1ncc(C#N)c(-c2cccs2)n1. The summed E-state index contributed by atoms with van der Waals surface area (Å²) < 4.78 is 0. The Morgan fingerprint density at radius 1 is 1.44 bits per heavy atom. The minimum atomic E-state index is 0.270. The second-order valence-electron chi connectivity index (χ2n) is 3.73. The lowest BCUT2D eigenvalue weighted by molar-refractivity contribution is 0.775. The number of aromatic nitrogens is 2. The Morgan fingerprint density at radius 2 is 2.25 bits per heavy atom. The van der Waals surface area contributed by atoms with Crippen molar-refractivity contribution in [3.05, 3.63) is 35.1 Å². The number of hydrogen-bond donors (Lipinski definition) is 0. The molecule has 0 N–H and O–H groups in total. The maximum Gasteiger partial charge on any atom is 0.131 e. The van der Waals surface area contributed by atoms with E-state index in [1.807, 2.05) is 31.4 Å². The third kappa shape index (κ3) is 1.95. The minimum absolute atomic E-state index is 0.270. The van der Waals surface area contributed by atoms with Crippen LogP contribution in [0.25, 0.3) is 10.6 Å². The van der Waals surface area contributed by atoms with Crippen LogP contribution in [0.3, 0.4) is 0 Å². The molecule has 2 rings (SSSR count). The molecule has 0 saturated carbocycles. The fourth-order valence-electron chi connectivity index (χ4n) is 1.36. The van der Waals surface area contributed by atoms with Crippen LogP contribution in [0.4, 0.5) is 0 Å². The molecule has 0 bridgehead atoms. The molecule has 3 nitrogen and oxygen atoms in total. The van der Waals surface area contributed by atoms with Gasteiger partial charge in [-0.1, -0.05) is 19.9 Å². The molecule has 16 heavy (non-hydrogen) atoms. The van der Waals surface area contributed by atoms with Crippen LogP contribution in [0.2, 0.25) is 0 Å². The highest BCUT2D eigenvalue weighted by atomic mass is 32.1. The highest BCUT2D eigenvalue weighted by Gasteiger charge is 2.11. The zero-order chi connectivity index (χ0) is 11.5. The van der Waals surface area contributed by atoms with Crippen molar-refractivity contribution < 1.29 is 0 Å². The zero-order valence-electron chi connectivity index (χ0n) is 9.14. The van der Waals surface area contributed by atoms with E-state index in [4.69, 9.17) is 5.26 Å². The van der Waals surface area contributed by atoms with Crippen molar-refractivity contribution in [2.75, 3.05) is 0 Å². The average molecular weight is 229 g/mol. The smallest absolute Gasteiger partial charge is 0.131 e. The van der Waals surface area contributed by atoms with Crippen molar-refractivity contribution in [1.82, 2.24) is 9.97 Å². The van der Waals surface area contributed by atoms with Gasteiger partial charge < -0.3 is 0 Å². The molecule has 2 aromatic rings. The van der Waals surface area contributed by atoms with Crippen LogP contribution in [-0.2, 0) is 0 Å². The van der Waals surface area contributed by atoms with E-state index in [0.717, 1.165) is 16.4 Å². The summed E-state index contributed by atoms with van der Waals surface area (Å²) in [5.41, 5.74) is 1.28. The molecule has 0 aliphatic rings. The number of nitriles is 1. The molecule has 0 spiro atoms. The molecule has 0 atom stereocenters. The van der Waals surface area contributed by atoms with Crippen LogP contribution in [-0.4, -0.2) is 9.97 Å². The van der Waals surface area contributed by atoms with E-state index >= 15 is 0 Å². The van der Waals surface area contributed by atoms with Crippen LogP contribution in [0.1, 0.15) is 31.2 Å². The number of hydrogen-bond acceptors (Lipinski definition) is 4. The van der Waals surface area contributed by atoms with Gasteiger partial charge in [0.1, 0.15) is 17.6 Å².